The molecule has 1 rings (SSSR count). The summed E-state index contributed by atoms with van der Waals surface area (Å²) >= 11 is 0. The molecular weight excluding hydrogens is 208 g/mol. The van der Waals surface area contributed by atoms with Gasteiger partial charge in [-0.05, 0) is 13.8 Å². The van der Waals surface area contributed by atoms with Crippen LogP contribution in [-0.2, 0) is 9.53 Å². The lowest BCUT2D eigenvalue weighted by Gasteiger charge is -2.27. The summed E-state index contributed by atoms with van der Waals surface area (Å²) < 4.78 is 5.18. The molecule has 16 heavy (non-hydrogen) atoms. The molecule has 1 fully saturated rings. The van der Waals surface area contributed by atoms with Crippen molar-refractivity contribution < 1.29 is 14.6 Å². The smallest absolute Gasteiger partial charge is 0.224 e. The third kappa shape index (κ3) is 5.44. The Morgan fingerprint density at radius 2 is 2.06 bits per heavy atom. The highest BCUT2D eigenvalue weighted by atomic mass is 16.5. The van der Waals surface area contributed by atoms with Crippen LogP contribution >= 0.6 is 0 Å². The highest BCUT2D eigenvalue weighted by molar-refractivity contribution is 5.76. The van der Waals surface area contributed by atoms with Gasteiger partial charge in [0.05, 0.1) is 18.8 Å². The SMILES string of the molecule is CC(C)(O)CNCCC(=O)N1CCOCC1. The van der Waals surface area contributed by atoms with Gasteiger partial charge in [-0.15, -0.1) is 0 Å². The molecule has 0 radical (unpaired) electrons. The summed E-state index contributed by atoms with van der Waals surface area (Å²) in [6, 6.07) is 0. The van der Waals surface area contributed by atoms with E-state index in [-0.39, 0.29) is 5.91 Å². The van der Waals surface area contributed by atoms with E-state index in [1.54, 1.807) is 13.8 Å². The monoisotopic (exact) mass is 230 g/mol. The van der Waals surface area contributed by atoms with Gasteiger partial charge in [0.1, 0.15) is 0 Å². The van der Waals surface area contributed by atoms with Crippen LogP contribution in [0.15, 0.2) is 0 Å². The highest BCUT2D eigenvalue weighted by Gasteiger charge is 2.16. The summed E-state index contributed by atoms with van der Waals surface area (Å²) in [6.45, 7) is 7.28. The quantitative estimate of drug-likeness (QED) is 0.631. The largest absolute Gasteiger partial charge is 0.389 e. The van der Waals surface area contributed by atoms with Crippen LogP contribution in [0.1, 0.15) is 20.3 Å². The minimum absolute atomic E-state index is 0.159. The molecule has 1 amide bonds. The second-order valence-corrected chi connectivity index (χ2v) is 4.73. The third-order valence-corrected chi connectivity index (χ3v) is 2.44. The molecule has 2 N–H and O–H groups in total. The number of hydrogen-bond acceptors (Lipinski definition) is 4. The van der Waals surface area contributed by atoms with E-state index in [4.69, 9.17) is 4.74 Å². The lowest BCUT2D eigenvalue weighted by molar-refractivity contribution is -0.135. The summed E-state index contributed by atoms with van der Waals surface area (Å²) in [5.41, 5.74) is -0.720. The van der Waals surface area contributed by atoms with Gasteiger partial charge in [0, 0.05) is 32.6 Å². The fourth-order valence-electron chi connectivity index (χ4n) is 1.56. The zero-order chi connectivity index (χ0) is 12.0. The van der Waals surface area contributed by atoms with Crippen molar-refractivity contribution in [1.82, 2.24) is 10.2 Å². The maximum absolute atomic E-state index is 11.7. The second kappa shape index (κ2) is 6.18. The van der Waals surface area contributed by atoms with Gasteiger partial charge in [-0.3, -0.25) is 4.79 Å². The predicted octanol–water partition coefficient (Wildman–Crippen LogP) is -0.404. The van der Waals surface area contributed by atoms with E-state index in [9.17, 15) is 9.90 Å². The van der Waals surface area contributed by atoms with Crippen molar-refractivity contribution in [3.63, 3.8) is 0 Å². The van der Waals surface area contributed by atoms with E-state index >= 15 is 0 Å². The molecule has 0 atom stereocenters. The summed E-state index contributed by atoms with van der Waals surface area (Å²) in [6.07, 6.45) is 0.482. The normalized spacial score (nSPS) is 17.6. The molecule has 1 heterocycles. The number of rotatable bonds is 5. The summed E-state index contributed by atoms with van der Waals surface area (Å²) in [5, 5.41) is 12.5. The number of carbonyl (C=O) groups is 1. The summed E-state index contributed by atoms with van der Waals surface area (Å²) in [4.78, 5) is 13.5. The predicted molar refractivity (Wildman–Crippen MR) is 61.2 cm³/mol. The van der Waals surface area contributed by atoms with Crippen LogP contribution in [0.3, 0.4) is 0 Å². The highest BCUT2D eigenvalue weighted by Crippen LogP contribution is 2.00. The van der Waals surface area contributed by atoms with Crippen molar-refractivity contribution >= 4 is 5.91 Å². The zero-order valence-corrected chi connectivity index (χ0v) is 10.2. The number of nitrogens with one attached hydrogen (secondary N) is 1. The van der Waals surface area contributed by atoms with Crippen LogP contribution in [0.5, 0.6) is 0 Å². The molecule has 1 aliphatic rings. The fourth-order valence-corrected chi connectivity index (χ4v) is 1.56. The minimum Gasteiger partial charge on any atom is -0.389 e. The number of carbonyl (C=O) groups excluding carboxylic acids is 1. The third-order valence-electron chi connectivity index (χ3n) is 2.44. The Labute approximate surface area is 96.8 Å². The first-order valence-corrected chi connectivity index (χ1v) is 5.78. The second-order valence-electron chi connectivity index (χ2n) is 4.73. The van der Waals surface area contributed by atoms with Crippen molar-refractivity contribution in [2.75, 3.05) is 39.4 Å². The van der Waals surface area contributed by atoms with Crippen LogP contribution in [0.4, 0.5) is 0 Å². The van der Waals surface area contributed by atoms with Crippen molar-refractivity contribution in [2.45, 2.75) is 25.9 Å². The van der Waals surface area contributed by atoms with Crippen molar-refractivity contribution in [1.29, 1.82) is 0 Å². The molecule has 0 aromatic heterocycles. The van der Waals surface area contributed by atoms with Gasteiger partial charge in [-0.1, -0.05) is 0 Å². The lowest BCUT2D eigenvalue weighted by atomic mass is 10.1. The molecule has 1 saturated heterocycles. The van der Waals surface area contributed by atoms with Gasteiger partial charge >= 0.3 is 0 Å². The topological polar surface area (TPSA) is 61.8 Å². The van der Waals surface area contributed by atoms with E-state index in [0.717, 1.165) is 0 Å². The van der Waals surface area contributed by atoms with Crippen molar-refractivity contribution in [2.24, 2.45) is 0 Å². The van der Waals surface area contributed by atoms with Gasteiger partial charge < -0.3 is 20.1 Å². The molecular formula is C11H22N2O3. The Balaban J connectivity index is 2.10. The Bertz CT molecular complexity index is 220. The number of nitrogens with zero attached hydrogens (tertiary/aromatic N) is 1. The average Bonchev–Trinajstić information content (AvgIpc) is 2.24. The Morgan fingerprint density at radius 3 is 2.62 bits per heavy atom. The van der Waals surface area contributed by atoms with Crippen LogP contribution in [-0.4, -0.2) is 60.9 Å². The van der Waals surface area contributed by atoms with Gasteiger partial charge in [0.25, 0.3) is 0 Å². The van der Waals surface area contributed by atoms with Crippen LogP contribution in [0.25, 0.3) is 0 Å². The first-order chi connectivity index (χ1) is 7.49. The van der Waals surface area contributed by atoms with E-state index in [0.29, 0.717) is 45.8 Å². The van der Waals surface area contributed by atoms with Gasteiger partial charge in [0.15, 0.2) is 0 Å². The Kier molecular flexibility index (Phi) is 5.18. The van der Waals surface area contributed by atoms with Crippen LogP contribution < -0.4 is 5.32 Å². The summed E-state index contributed by atoms with van der Waals surface area (Å²) in [5.74, 6) is 0.159. The molecule has 0 saturated carbocycles. The van der Waals surface area contributed by atoms with Crippen LogP contribution in [0, 0.1) is 0 Å². The lowest BCUT2D eigenvalue weighted by Crippen LogP contribution is -2.42. The molecule has 0 spiro atoms. The molecule has 5 heteroatoms. The molecule has 5 nitrogen and oxygen atoms in total. The molecule has 0 bridgehead atoms. The average molecular weight is 230 g/mol. The minimum atomic E-state index is -0.720. The molecule has 94 valence electrons. The molecule has 0 aliphatic carbocycles. The molecule has 1 aliphatic heterocycles. The Hall–Kier alpha value is -0.650. The first-order valence-electron chi connectivity index (χ1n) is 5.78. The fraction of sp³-hybridized carbons (Fsp3) is 0.909. The summed E-state index contributed by atoms with van der Waals surface area (Å²) in [7, 11) is 0. The van der Waals surface area contributed by atoms with Gasteiger partial charge in [-0.25, -0.2) is 0 Å². The molecule has 0 aromatic rings. The van der Waals surface area contributed by atoms with Crippen LogP contribution in [0.2, 0.25) is 0 Å². The number of morpholine rings is 1. The molecule has 0 aromatic carbocycles. The van der Waals surface area contributed by atoms with E-state index in [2.05, 4.69) is 5.32 Å². The number of ether oxygens (including phenoxy) is 1. The number of aliphatic hydroxyl groups is 1. The van der Waals surface area contributed by atoms with Gasteiger partial charge in [-0.2, -0.15) is 0 Å². The Morgan fingerprint density at radius 1 is 1.44 bits per heavy atom. The maximum Gasteiger partial charge on any atom is 0.224 e. The zero-order valence-electron chi connectivity index (χ0n) is 10.2. The van der Waals surface area contributed by atoms with Crippen molar-refractivity contribution in [3.05, 3.63) is 0 Å². The van der Waals surface area contributed by atoms with E-state index in [1.165, 1.54) is 0 Å². The number of hydrogen-bond donors (Lipinski definition) is 2. The molecule has 0 unspecified atom stereocenters. The maximum atomic E-state index is 11.7. The first kappa shape index (κ1) is 13.4. The van der Waals surface area contributed by atoms with E-state index in [1.807, 2.05) is 4.90 Å². The van der Waals surface area contributed by atoms with Gasteiger partial charge in [0.2, 0.25) is 5.91 Å². The van der Waals surface area contributed by atoms with Crippen molar-refractivity contribution in [3.8, 4) is 0 Å². The van der Waals surface area contributed by atoms with E-state index < -0.39 is 5.60 Å². The standard InChI is InChI=1S/C11H22N2O3/c1-11(2,15)9-12-4-3-10(14)13-5-7-16-8-6-13/h12,15H,3-9H2,1-2H3. The number of amides is 1.